The number of rotatable bonds is 5. The number of carbonyl (C=O) groups is 2. The van der Waals surface area contributed by atoms with E-state index in [1.54, 1.807) is 0 Å². The molecule has 0 saturated carbocycles. The molecule has 0 unspecified atom stereocenters. The predicted molar refractivity (Wildman–Crippen MR) is 146 cm³/mol. The van der Waals surface area contributed by atoms with Crippen molar-refractivity contribution in [3.63, 3.8) is 0 Å². The van der Waals surface area contributed by atoms with Crippen LogP contribution in [0.15, 0.2) is 66.2 Å². The number of morpholine rings is 1. The average Bonchev–Trinajstić information content (AvgIpc) is 2.94. The number of piperidine rings is 2. The summed E-state index contributed by atoms with van der Waals surface area (Å²) in [6, 6.07) is 19.2. The maximum absolute atomic E-state index is 13.4. The first kappa shape index (κ1) is 25.2. The molecule has 7 nitrogen and oxygen atoms in total. The molecule has 3 aliphatic rings. The predicted octanol–water partition coefficient (Wildman–Crippen LogP) is 3.53. The fraction of sp³-hybridized carbons (Fsp3) is 0.400. The van der Waals surface area contributed by atoms with Gasteiger partial charge in [0, 0.05) is 32.7 Å². The number of likely N-dealkylation sites (N-methyl/N-ethyl adjacent to an activating group) is 1. The number of nitrogens with one attached hydrogen (secondary N) is 2. The highest BCUT2D eigenvalue weighted by Crippen LogP contribution is 2.33. The van der Waals surface area contributed by atoms with Crippen LogP contribution in [0.5, 0.6) is 0 Å². The lowest BCUT2D eigenvalue weighted by Gasteiger charge is -2.43. The maximum atomic E-state index is 13.4. The lowest BCUT2D eigenvalue weighted by molar-refractivity contribution is -0.139. The summed E-state index contributed by atoms with van der Waals surface area (Å²) in [6.07, 6.45) is 6.73. The Morgan fingerprint density at radius 2 is 1.84 bits per heavy atom. The van der Waals surface area contributed by atoms with Gasteiger partial charge in [-0.3, -0.25) is 4.79 Å². The van der Waals surface area contributed by atoms with Gasteiger partial charge in [0.2, 0.25) is 5.91 Å². The third-order valence-corrected chi connectivity index (χ3v) is 7.46. The van der Waals surface area contributed by atoms with Crippen LogP contribution in [-0.2, 0) is 9.53 Å². The number of hydrogen-bond acceptors (Lipinski definition) is 4. The Kier molecular flexibility index (Phi) is 8.02. The zero-order valence-electron chi connectivity index (χ0n) is 21.5. The summed E-state index contributed by atoms with van der Waals surface area (Å²) in [5.74, 6) is -0.0988. The topological polar surface area (TPSA) is 73.9 Å². The summed E-state index contributed by atoms with van der Waals surface area (Å²) in [4.78, 5) is 29.0. The molecule has 5 rings (SSSR count). The van der Waals surface area contributed by atoms with Gasteiger partial charge < -0.3 is 25.2 Å². The second-order valence-corrected chi connectivity index (χ2v) is 9.96. The van der Waals surface area contributed by atoms with E-state index in [1.807, 2.05) is 22.9 Å². The van der Waals surface area contributed by atoms with Gasteiger partial charge in [-0.1, -0.05) is 66.3 Å². The standard InChI is InChI=1S/C30H36N4O3/c1-31-15-6-8-22-7-5-11-25(19-22)29(23-9-3-2-4-10-23)24-12-16-33(17-13-24)30(36)34-18-14-27-26(20-34)32-28(35)21-37-27/h2-11,19,26-27,31H,12-18,20-21H2,1H3,(H,32,35)/b8-6+/t26-,27+/m1/s1. The molecular formula is C30H36N4O3. The van der Waals surface area contributed by atoms with Gasteiger partial charge >= 0.3 is 6.03 Å². The van der Waals surface area contributed by atoms with Crippen molar-refractivity contribution in [2.24, 2.45) is 0 Å². The number of likely N-dealkylation sites (tertiary alicyclic amines) is 2. The van der Waals surface area contributed by atoms with Crippen LogP contribution in [0.2, 0.25) is 0 Å². The molecule has 0 aliphatic carbocycles. The van der Waals surface area contributed by atoms with Crippen LogP contribution in [0, 0.1) is 0 Å². The van der Waals surface area contributed by atoms with Crippen molar-refractivity contribution < 1.29 is 14.3 Å². The number of nitrogens with zero attached hydrogens (tertiary/aromatic N) is 2. The fourth-order valence-corrected chi connectivity index (χ4v) is 5.58. The van der Waals surface area contributed by atoms with E-state index in [9.17, 15) is 9.59 Å². The first-order chi connectivity index (χ1) is 18.1. The number of carbonyl (C=O) groups excluding carboxylic acids is 2. The molecule has 3 amide bonds. The van der Waals surface area contributed by atoms with Crippen LogP contribution in [0.3, 0.4) is 0 Å². The molecule has 37 heavy (non-hydrogen) atoms. The number of ether oxygens (including phenoxy) is 1. The van der Waals surface area contributed by atoms with Gasteiger partial charge in [-0.05, 0) is 54.6 Å². The van der Waals surface area contributed by atoms with E-state index in [4.69, 9.17) is 4.74 Å². The van der Waals surface area contributed by atoms with Crippen molar-refractivity contribution in [1.82, 2.24) is 20.4 Å². The molecule has 3 fully saturated rings. The van der Waals surface area contributed by atoms with Gasteiger partial charge in [-0.15, -0.1) is 0 Å². The molecule has 0 spiro atoms. The van der Waals surface area contributed by atoms with Crippen molar-refractivity contribution in [2.75, 3.05) is 46.4 Å². The summed E-state index contributed by atoms with van der Waals surface area (Å²) in [5, 5.41) is 6.14. The Hall–Kier alpha value is -3.42. The quantitative estimate of drug-likeness (QED) is 0.659. The summed E-state index contributed by atoms with van der Waals surface area (Å²) in [6.45, 7) is 3.52. The zero-order chi connectivity index (χ0) is 25.6. The lowest BCUT2D eigenvalue weighted by atomic mass is 9.88. The van der Waals surface area contributed by atoms with E-state index in [0.717, 1.165) is 25.8 Å². The molecule has 0 bridgehead atoms. The maximum Gasteiger partial charge on any atom is 0.320 e. The monoisotopic (exact) mass is 500 g/mol. The first-order valence-corrected chi connectivity index (χ1v) is 13.3. The number of hydrogen-bond donors (Lipinski definition) is 2. The molecule has 194 valence electrons. The van der Waals surface area contributed by atoms with Crippen molar-refractivity contribution in [3.05, 3.63) is 82.9 Å². The van der Waals surface area contributed by atoms with Crippen LogP contribution in [-0.4, -0.2) is 80.3 Å². The van der Waals surface area contributed by atoms with E-state index in [1.165, 1.54) is 27.8 Å². The molecule has 3 aliphatic heterocycles. The molecule has 3 heterocycles. The van der Waals surface area contributed by atoms with Gasteiger partial charge in [0.1, 0.15) is 6.61 Å². The minimum Gasteiger partial charge on any atom is -0.366 e. The van der Waals surface area contributed by atoms with Crippen LogP contribution < -0.4 is 10.6 Å². The number of fused-ring (bicyclic) bond motifs is 1. The van der Waals surface area contributed by atoms with Crippen molar-refractivity contribution in [3.8, 4) is 0 Å². The highest BCUT2D eigenvalue weighted by Gasteiger charge is 2.37. The lowest BCUT2D eigenvalue weighted by Crippen LogP contribution is -2.62. The number of benzene rings is 2. The minimum atomic E-state index is -0.113. The average molecular weight is 501 g/mol. The molecule has 0 aromatic heterocycles. The van der Waals surface area contributed by atoms with Gasteiger partial charge in [0.25, 0.3) is 0 Å². The molecule has 7 heteroatoms. The Morgan fingerprint density at radius 1 is 1.05 bits per heavy atom. The van der Waals surface area contributed by atoms with Gasteiger partial charge in [0.05, 0.1) is 12.1 Å². The van der Waals surface area contributed by atoms with E-state index in [2.05, 4.69) is 71.3 Å². The van der Waals surface area contributed by atoms with Gasteiger partial charge in [-0.25, -0.2) is 4.79 Å². The number of amides is 3. The van der Waals surface area contributed by atoms with E-state index < -0.39 is 0 Å². The minimum absolute atomic E-state index is 0.00918. The Bertz CT molecular complexity index is 1170. The second-order valence-electron chi connectivity index (χ2n) is 9.96. The highest BCUT2D eigenvalue weighted by molar-refractivity contribution is 5.84. The number of urea groups is 1. The SMILES string of the molecule is CNC/C=C/c1cccc(C(=C2CCN(C(=O)N3CC[C@@H]4OCC(=O)N[C@@H]4C3)CC2)c2ccccc2)c1. The Labute approximate surface area is 219 Å². The largest absolute Gasteiger partial charge is 0.366 e. The third kappa shape index (κ3) is 5.95. The van der Waals surface area contributed by atoms with Crippen LogP contribution >= 0.6 is 0 Å². The van der Waals surface area contributed by atoms with Crippen molar-refractivity contribution >= 4 is 23.6 Å². The van der Waals surface area contributed by atoms with E-state index >= 15 is 0 Å². The summed E-state index contributed by atoms with van der Waals surface area (Å²) >= 11 is 0. The Balaban J connectivity index is 1.32. The van der Waals surface area contributed by atoms with Crippen LogP contribution in [0.1, 0.15) is 36.0 Å². The molecule has 0 radical (unpaired) electrons. The molecule has 3 saturated heterocycles. The van der Waals surface area contributed by atoms with Crippen LogP contribution in [0.25, 0.3) is 11.6 Å². The van der Waals surface area contributed by atoms with E-state index in [-0.39, 0.29) is 30.7 Å². The Morgan fingerprint density at radius 3 is 2.62 bits per heavy atom. The van der Waals surface area contributed by atoms with Crippen molar-refractivity contribution in [1.29, 1.82) is 0 Å². The molecular weight excluding hydrogens is 464 g/mol. The summed E-state index contributed by atoms with van der Waals surface area (Å²) < 4.78 is 5.65. The summed E-state index contributed by atoms with van der Waals surface area (Å²) in [5.41, 5.74) is 6.26. The van der Waals surface area contributed by atoms with E-state index in [0.29, 0.717) is 26.2 Å². The third-order valence-electron chi connectivity index (χ3n) is 7.46. The smallest absolute Gasteiger partial charge is 0.320 e. The van der Waals surface area contributed by atoms with Crippen LogP contribution in [0.4, 0.5) is 4.79 Å². The molecule has 2 atom stereocenters. The normalized spacial score (nSPS) is 22.1. The fourth-order valence-electron chi connectivity index (χ4n) is 5.58. The summed E-state index contributed by atoms with van der Waals surface area (Å²) in [7, 11) is 1.94. The molecule has 2 aromatic carbocycles. The molecule has 2 aromatic rings. The highest BCUT2D eigenvalue weighted by atomic mass is 16.5. The van der Waals surface area contributed by atoms with Crippen molar-refractivity contribution in [2.45, 2.75) is 31.4 Å². The first-order valence-electron chi connectivity index (χ1n) is 13.3. The molecule has 2 N–H and O–H groups in total. The van der Waals surface area contributed by atoms with Gasteiger partial charge in [-0.2, -0.15) is 0 Å². The second kappa shape index (κ2) is 11.8. The van der Waals surface area contributed by atoms with Gasteiger partial charge in [0.15, 0.2) is 0 Å². The zero-order valence-corrected chi connectivity index (χ0v) is 21.5.